The van der Waals surface area contributed by atoms with Crippen LogP contribution in [-0.2, 0) is 0 Å². The number of rotatable bonds is 2. The van der Waals surface area contributed by atoms with Crippen LogP contribution in [0, 0.1) is 11.6 Å². The fourth-order valence-electron chi connectivity index (χ4n) is 2.23. The topological polar surface area (TPSA) is 26.3 Å². The summed E-state index contributed by atoms with van der Waals surface area (Å²) < 4.78 is 31.5. The number of ether oxygens (including phenoxy) is 1. The highest BCUT2D eigenvalue weighted by Gasteiger charge is 2.30. The van der Waals surface area contributed by atoms with E-state index < -0.39 is 17.6 Å². The molecule has 19 heavy (non-hydrogen) atoms. The second-order valence-corrected chi connectivity index (χ2v) is 4.39. The normalized spacial score (nSPS) is 16.8. The third-order valence-corrected chi connectivity index (χ3v) is 3.22. The van der Waals surface area contributed by atoms with E-state index in [-0.39, 0.29) is 18.0 Å². The van der Waals surface area contributed by atoms with Crippen LogP contribution >= 0.6 is 0 Å². The Kier molecular flexibility index (Phi) is 2.78. The number of fused-ring (bicyclic) bond motifs is 1. The van der Waals surface area contributed by atoms with E-state index in [1.165, 1.54) is 6.07 Å². The standard InChI is InChI=1S/C15H10F2O2/c16-12-6-5-9(7-13(12)17)15(18)11-8-19-14-4-2-1-3-10(11)14/h1-7,11H,8H2. The van der Waals surface area contributed by atoms with E-state index >= 15 is 0 Å². The average molecular weight is 260 g/mol. The van der Waals surface area contributed by atoms with E-state index in [2.05, 4.69) is 0 Å². The Bertz CT molecular complexity index is 652. The van der Waals surface area contributed by atoms with Crippen molar-refractivity contribution in [1.29, 1.82) is 0 Å². The Morgan fingerprint density at radius 1 is 1.11 bits per heavy atom. The molecule has 0 bridgehead atoms. The third-order valence-electron chi connectivity index (χ3n) is 3.22. The molecule has 0 radical (unpaired) electrons. The maximum Gasteiger partial charge on any atom is 0.173 e. The molecular weight excluding hydrogens is 250 g/mol. The minimum absolute atomic E-state index is 0.157. The number of halogens is 2. The van der Waals surface area contributed by atoms with Crippen LogP contribution in [0.2, 0.25) is 0 Å². The minimum Gasteiger partial charge on any atom is -0.492 e. The summed E-state index contributed by atoms with van der Waals surface area (Å²) in [5.74, 6) is -2.02. The smallest absolute Gasteiger partial charge is 0.173 e. The SMILES string of the molecule is O=C(c1ccc(F)c(F)c1)C1COc2ccccc21. The Balaban J connectivity index is 1.95. The van der Waals surface area contributed by atoms with Crippen molar-refractivity contribution in [2.24, 2.45) is 0 Å². The molecule has 3 rings (SSSR count). The third kappa shape index (κ3) is 1.99. The summed E-state index contributed by atoms with van der Waals surface area (Å²) in [6, 6.07) is 10.4. The van der Waals surface area contributed by atoms with Crippen LogP contribution in [0.4, 0.5) is 8.78 Å². The largest absolute Gasteiger partial charge is 0.492 e. The Labute approximate surface area is 108 Å². The molecule has 2 aromatic rings. The van der Waals surface area contributed by atoms with E-state index in [4.69, 9.17) is 4.74 Å². The molecule has 0 saturated heterocycles. The number of para-hydroxylation sites is 1. The summed E-state index contributed by atoms with van der Waals surface area (Å²) in [5, 5.41) is 0. The van der Waals surface area contributed by atoms with Gasteiger partial charge in [0.05, 0.1) is 5.92 Å². The van der Waals surface area contributed by atoms with Crippen LogP contribution in [0.25, 0.3) is 0 Å². The molecule has 2 aromatic carbocycles. The zero-order chi connectivity index (χ0) is 13.4. The zero-order valence-corrected chi connectivity index (χ0v) is 9.90. The first-order valence-electron chi connectivity index (χ1n) is 5.88. The van der Waals surface area contributed by atoms with E-state index in [1.54, 1.807) is 6.07 Å². The highest BCUT2D eigenvalue weighted by Crippen LogP contribution is 2.35. The van der Waals surface area contributed by atoms with Crippen molar-refractivity contribution >= 4 is 5.78 Å². The number of hydrogen-bond donors (Lipinski definition) is 0. The molecule has 1 aliphatic rings. The number of Topliss-reactive ketones (excluding diaryl/α,β-unsaturated/α-hetero) is 1. The molecule has 0 N–H and O–H groups in total. The molecule has 0 fully saturated rings. The van der Waals surface area contributed by atoms with Crippen LogP contribution in [0.5, 0.6) is 5.75 Å². The van der Waals surface area contributed by atoms with Crippen molar-refractivity contribution in [3.63, 3.8) is 0 Å². The maximum absolute atomic E-state index is 13.2. The lowest BCUT2D eigenvalue weighted by atomic mass is 9.92. The maximum atomic E-state index is 13.2. The van der Waals surface area contributed by atoms with Crippen LogP contribution < -0.4 is 4.74 Å². The van der Waals surface area contributed by atoms with Gasteiger partial charge in [-0.3, -0.25) is 4.79 Å². The quantitative estimate of drug-likeness (QED) is 0.774. The zero-order valence-electron chi connectivity index (χ0n) is 9.90. The first-order valence-corrected chi connectivity index (χ1v) is 5.88. The summed E-state index contributed by atoms with van der Waals surface area (Å²) in [5.41, 5.74) is 0.946. The molecule has 2 nitrogen and oxygen atoms in total. The summed E-state index contributed by atoms with van der Waals surface area (Å²) in [6.07, 6.45) is 0. The molecule has 1 atom stereocenters. The number of ketones is 1. The van der Waals surface area contributed by atoms with Gasteiger partial charge in [-0.15, -0.1) is 0 Å². The molecule has 0 saturated carbocycles. The summed E-state index contributed by atoms with van der Waals surface area (Å²) in [7, 11) is 0. The Morgan fingerprint density at radius 3 is 2.68 bits per heavy atom. The van der Waals surface area contributed by atoms with Gasteiger partial charge in [-0.05, 0) is 24.3 Å². The van der Waals surface area contributed by atoms with Gasteiger partial charge in [0, 0.05) is 11.1 Å². The highest BCUT2D eigenvalue weighted by molar-refractivity contribution is 6.01. The first-order chi connectivity index (χ1) is 9.16. The van der Waals surface area contributed by atoms with Crippen molar-refractivity contribution in [1.82, 2.24) is 0 Å². The molecule has 0 spiro atoms. The highest BCUT2D eigenvalue weighted by atomic mass is 19.2. The number of carbonyl (C=O) groups excluding carboxylic acids is 1. The van der Waals surface area contributed by atoms with E-state index in [9.17, 15) is 13.6 Å². The second kappa shape index (κ2) is 4.46. The fraction of sp³-hybridized carbons (Fsp3) is 0.133. The van der Waals surface area contributed by atoms with Crippen molar-refractivity contribution in [3.8, 4) is 5.75 Å². The summed E-state index contributed by atoms with van der Waals surface area (Å²) in [6.45, 7) is 0.233. The van der Waals surface area contributed by atoms with Gasteiger partial charge in [0.25, 0.3) is 0 Å². The lowest BCUT2D eigenvalue weighted by Crippen LogP contribution is -2.14. The number of carbonyl (C=O) groups is 1. The fourth-order valence-corrected chi connectivity index (χ4v) is 2.23. The Hall–Kier alpha value is -2.23. The number of benzene rings is 2. The molecule has 96 valence electrons. The lowest BCUT2D eigenvalue weighted by Gasteiger charge is -2.08. The predicted molar refractivity (Wildman–Crippen MR) is 65.4 cm³/mol. The molecule has 0 aliphatic carbocycles. The van der Waals surface area contributed by atoms with Crippen molar-refractivity contribution < 1.29 is 18.3 Å². The average Bonchev–Trinajstić information content (AvgIpc) is 2.85. The number of hydrogen-bond acceptors (Lipinski definition) is 2. The summed E-state index contributed by atoms with van der Waals surface area (Å²) in [4.78, 5) is 12.3. The predicted octanol–water partition coefficient (Wildman–Crippen LogP) is 3.32. The molecule has 0 amide bonds. The van der Waals surface area contributed by atoms with Gasteiger partial charge in [0.15, 0.2) is 17.4 Å². The van der Waals surface area contributed by atoms with Crippen molar-refractivity contribution in [3.05, 3.63) is 65.2 Å². The van der Waals surface area contributed by atoms with Gasteiger partial charge in [-0.2, -0.15) is 0 Å². The molecule has 4 heteroatoms. The van der Waals surface area contributed by atoms with Crippen LogP contribution in [0.3, 0.4) is 0 Å². The van der Waals surface area contributed by atoms with E-state index in [0.29, 0.717) is 5.75 Å². The van der Waals surface area contributed by atoms with Crippen LogP contribution in [0.15, 0.2) is 42.5 Å². The second-order valence-electron chi connectivity index (χ2n) is 4.39. The van der Waals surface area contributed by atoms with Gasteiger partial charge >= 0.3 is 0 Å². The summed E-state index contributed by atoms with van der Waals surface area (Å²) >= 11 is 0. The van der Waals surface area contributed by atoms with Gasteiger partial charge in [-0.25, -0.2) is 8.78 Å². The molecule has 1 aliphatic heterocycles. The van der Waals surface area contributed by atoms with Gasteiger partial charge in [0.2, 0.25) is 0 Å². The first kappa shape index (κ1) is 11.8. The molecule has 1 heterocycles. The van der Waals surface area contributed by atoms with Gasteiger partial charge in [-0.1, -0.05) is 18.2 Å². The van der Waals surface area contributed by atoms with Gasteiger partial charge < -0.3 is 4.74 Å². The monoisotopic (exact) mass is 260 g/mol. The van der Waals surface area contributed by atoms with Crippen molar-refractivity contribution in [2.75, 3.05) is 6.61 Å². The molecule has 1 unspecified atom stereocenters. The van der Waals surface area contributed by atoms with Crippen LogP contribution in [0.1, 0.15) is 21.8 Å². The van der Waals surface area contributed by atoms with E-state index in [1.807, 2.05) is 18.2 Å². The molecular formula is C15H10F2O2. The Morgan fingerprint density at radius 2 is 1.89 bits per heavy atom. The minimum atomic E-state index is -1.02. The lowest BCUT2D eigenvalue weighted by molar-refractivity contribution is 0.0947. The van der Waals surface area contributed by atoms with Crippen molar-refractivity contribution in [2.45, 2.75) is 5.92 Å². The van der Waals surface area contributed by atoms with E-state index in [0.717, 1.165) is 17.7 Å². The van der Waals surface area contributed by atoms with Gasteiger partial charge in [0.1, 0.15) is 12.4 Å². The molecule has 0 aromatic heterocycles. The van der Waals surface area contributed by atoms with Crippen LogP contribution in [-0.4, -0.2) is 12.4 Å².